The molecule has 1 unspecified atom stereocenters. The van der Waals surface area contributed by atoms with Gasteiger partial charge in [-0.3, -0.25) is 0 Å². The summed E-state index contributed by atoms with van der Waals surface area (Å²) in [6.45, 7) is 6.59. The first-order valence-corrected chi connectivity index (χ1v) is 6.88. The fourth-order valence-electron chi connectivity index (χ4n) is 2.29. The van der Waals surface area contributed by atoms with Crippen LogP contribution < -0.4 is 5.32 Å². The zero-order valence-electron chi connectivity index (χ0n) is 12.1. The van der Waals surface area contributed by atoms with Crippen molar-refractivity contribution in [1.29, 1.82) is 0 Å². The molecule has 1 aliphatic heterocycles. The monoisotopic (exact) mass is 271 g/mol. The quantitative estimate of drug-likeness (QED) is 0.799. The minimum atomic E-state index is -1.18. The number of aliphatic carboxylic acids is 1. The molecule has 1 fully saturated rings. The van der Waals surface area contributed by atoms with Gasteiger partial charge in [0.1, 0.15) is 5.54 Å². The lowest BCUT2D eigenvalue weighted by Crippen LogP contribution is -2.56. The lowest BCUT2D eigenvalue weighted by atomic mass is 9.96. The van der Waals surface area contributed by atoms with E-state index in [9.17, 15) is 14.7 Å². The molecule has 110 valence electrons. The Balaban J connectivity index is 2.63. The summed E-state index contributed by atoms with van der Waals surface area (Å²) in [6, 6.07) is -0.270. The van der Waals surface area contributed by atoms with Crippen LogP contribution in [0.15, 0.2) is 0 Å². The van der Waals surface area contributed by atoms with Crippen LogP contribution in [0.25, 0.3) is 0 Å². The van der Waals surface area contributed by atoms with Crippen molar-refractivity contribution < 1.29 is 14.7 Å². The van der Waals surface area contributed by atoms with Gasteiger partial charge >= 0.3 is 12.0 Å². The van der Waals surface area contributed by atoms with Crippen molar-refractivity contribution in [3.8, 4) is 0 Å². The van der Waals surface area contributed by atoms with Gasteiger partial charge in [0.05, 0.1) is 0 Å². The Morgan fingerprint density at radius 1 is 1.26 bits per heavy atom. The van der Waals surface area contributed by atoms with Crippen LogP contribution in [0.4, 0.5) is 4.79 Å². The molecule has 0 saturated carbocycles. The number of carbonyl (C=O) groups excluding carboxylic acids is 1. The van der Waals surface area contributed by atoms with Gasteiger partial charge in [-0.1, -0.05) is 13.3 Å². The molecule has 2 N–H and O–H groups in total. The van der Waals surface area contributed by atoms with Crippen LogP contribution in [0.3, 0.4) is 0 Å². The standard InChI is InChI=1S/C13H25N3O3/c1-4-6-13(2,11(17)18)14-12(19)16-8-5-7-15(3)9-10-16/h4-10H2,1-3H3,(H,14,19)(H,17,18). The number of nitrogens with zero attached hydrogens (tertiary/aromatic N) is 2. The molecule has 1 aliphatic rings. The van der Waals surface area contributed by atoms with E-state index in [-0.39, 0.29) is 6.03 Å². The SMILES string of the molecule is CCCC(C)(NC(=O)N1CCCN(C)CC1)C(=O)O. The van der Waals surface area contributed by atoms with Crippen molar-refractivity contribution in [2.24, 2.45) is 0 Å². The van der Waals surface area contributed by atoms with Crippen LogP contribution in [0.2, 0.25) is 0 Å². The number of nitrogens with one attached hydrogen (secondary N) is 1. The Morgan fingerprint density at radius 3 is 2.53 bits per heavy atom. The van der Waals surface area contributed by atoms with Crippen molar-refractivity contribution in [2.45, 2.75) is 38.6 Å². The number of likely N-dealkylation sites (N-methyl/N-ethyl adjacent to an activating group) is 1. The highest BCUT2D eigenvalue weighted by Crippen LogP contribution is 2.14. The van der Waals surface area contributed by atoms with Crippen LogP contribution in [0, 0.1) is 0 Å². The molecule has 19 heavy (non-hydrogen) atoms. The molecule has 0 spiro atoms. The Labute approximate surface area is 114 Å². The molecule has 1 rings (SSSR count). The van der Waals surface area contributed by atoms with E-state index < -0.39 is 11.5 Å². The first-order valence-electron chi connectivity index (χ1n) is 6.88. The van der Waals surface area contributed by atoms with Gasteiger partial charge in [0.15, 0.2) is 0 Å². The second-order valence-electron chi connectivity index (χ2n) is 5.46. The van der Waals surface area contributed by atoms with Gasteiger partial charge in [0.2, 0.25) is 0 Å². The minimum Gasteiger partial charge on any atom is -0.480 e. The van der Waals surface area contributed by atoms with Crippen LogP contribution in [-0.2, 0) is 4.79 Å². The largest absolute Gasteiger partial charge is 0.480 e. The van der Waals surface area contributed by atoms with E-state index in [0.29, 0.717) is 25.9 Å². The summed E-state index contributed by atoms with van der Waals surface area (Å²) in [5, 5.41) is 11.9. The molecule has 0 aromatic carbocycles. The Morgan fingerprint density at radius 2 is 1.95 bits per heavy atom. The van der Waals surface area contributed by atoms with Gasteiger partial charge in [0, 0.05) is 19.6 Å². The predicted molar refractivity (Wildman–Crippen MR) is 73.2 cm³/mol. The Kier molecular flexibility index (Phi) is 5.60. The molecule has 0 radical (unpaired) electrons. The normalized spacial score (nSPS) is 20.5. The highest BCUT2D eigenvalue weighted by Gasteiger charge is 2.35. The highest BCUT2D eigenvalue weighted by atomic mass is 16.4. The molecule has 6 nitrogen and oxygen atoms in total. The summed E-state index contributed by atoms with van der Waals surface area (Å²) in [5.41, 5.74) is -1.18. The van der Waals surface area contributed by atoms with Gasteiger partial charge in [0.25, 0.3) is 0 Å². The average Bonchev–Trinajstić information content (AvgIpc) is 2.54. The summed E-state index contributed by atoms with van der Waals surface area (Å²) in [7, 11) is 2.03. The van der Waals surface area contributed by atoms with Gasteiger partial charge in [-0.15, -0.1) is 0 Å². The van der Waals surface area contributed by atoms with E-state index >= 15 is 0 Å². The van der Waals surface area contributed by atoms with Crippen LogP contribution in [0.5, 0.6) is 0 Å². The minimum absolute atomic E-state index is 0.270. The fourth-order valence-corrected chi connectivity index (χ4v) is 2.29. The fraction of sp³-hybridized carbons (Fsp3) is 0.846. The molecule has 1 heterocycles. The molecular formula is C13H25N3O3. The number of carbonyl (C=O) groups is 2. The summed E-state index contributed by atoms with van der Waals surface area (Å²) in [6.07, 6.45) is 2.06. The van der Waals surface area contributed by atoms with Crippen molar-refractivity contribution >= 4 is 12.0 Å². The number of rotatable bonds is 4. The smallest absolute Gasteiger partial charge is 0.329 e. The molecule has 0 aliphatic carbocycles. The number of hydrogen-bond acceptors (Lipinski definition) is 3. The number of hydrogen-bond donors (Lipinski definition) is 2. The van der Waals surface area contributed by atoms with Crippen molar-refractivity contribution in [1.82, 2.24) is 15.1 Å². The maximum atomic E-state index is 12.2. The van der Waals surface area contributed by atoms with E-state index in [4.69, 9.17) is 0 Å². The lowest BCUT2D eigenvalue weighted by molar-refractivity contribution is -0.144. The summed E-state index contributed by atoms with van der Waals surface area (Å²) >= 11 is 0. The lowest BCUT2D eigenvalue weighted by Gasteiger charge is -2.30. The van der Waals surface area contributed by atoms with Gasteiger partial charge in [-0.2, -0.15) is 0 Å². The zero-order chi connectivity index (χ0) is 14.5. The third-order valence-corrected chi connectivity index (χ3v) is 3.61. The molecule has 1 saturated heterocycles. The molecule has 1 atom stereocenters. The summed E-state index contributed by atoms with van der Waals surface area (Å²) in [5.74, 6) is -0.977. The van der Waals surface area contributed by atoms with Crippen LogP contribution in [-0.4, -0.2) is 65.7 Å². The first kappa shape index (κ1) is 15.8. The van der Waals surface area contributed by atoms with E-state index in [1.165, 1.54) is 0 Å². The van der Waals surface area contributed by atoms with Gasteiger partial charge in [-0.25, -0.2) is 9.59 Å². The third-order valence-electron chi connectivity index (χ3n) is 3.61. The van der Waals surface area contributed by atoms with Crippen molar-refractivity contribution in [3.63, 3.8) is 0 Å². The van der Waals surface area contributed by atoms with Crippen LogP contribution in [0.1, 0.15) is 33.1 Å². The number of urea groups is 1. The van der Waals surface area contributed by atoms with Gasteiger partial charge in [-0.05, 0) is 33.4 Å². The van der Waals surface area contributed by atoms with E-state index in [0.717, 1.165) is 19.5 Å². The molecule has 0 aromatic rings. The maximum absolute atomic E-state index is 12.2. The van der Waals surface area contributed by atoms with Gasteiger partial charge < -0.3 is 20.2 Å². The van der Waals surface area contributed by atoms with Crippen molar-refractivity contribution in [2.75, 3.05) is 33.2 Å². The molecule has 0 aromatic heterocycles. The van der Waals surface area contributed by atoms with E-state index in [1.54, 1.807) is 11.8 Å². The van der Waals surface area contributed by atoms with E-state index in [1.807, 2.05) is 14.0 Å². The third kappa shape index (κ3) is 4.38. The van der Waals surface area contributed by atoms with E-state index in [2.05, 4.69) is 10.2 Å². The highest BCUT2D eigenvalue weighted by molar-refractivity contribution is 5.85. The molecule has 2 amide bonds. The number of carboxylic acids is 1. The topological polar surface area (TPSA) is 72.9 Å². The summed E-state index contributed by atoms with van der Waals surface area (Å²) in [4.78, 5) is 27.4. The Hall–Kier alpha value is -1.30. The van der Waals surface area contributed by atoms with Crippen LogP contribution >= 0.6 is 0 Å². The average molecular weight is 271 g/mol. The molecule has 0 bridgehead atoms. The second-order valence-corrected chi connectivity index (χ2v) is 5.46. The van der Waals surface area contributed by atoms with Crippen molar-refractivity contribution in [3.05, 3.63) is 0 Å². The predicted octanol–water partition coefficient (Wildman–Crippen LogP) is 0.977. The maximum Gasteiger partial charge on any atom is 0.329 e. The second kappa shape index (κ2) is 6.75. The molecule has 6 heteroatoms. The summed E-state index contributed by atoms with van der Waals surface area (Å²) < 4.78 is 0. The Bertz CT molecular complexity index is 335. The zero-order valence-corrected chi connectivity index (χ0v) is 12.1. The number of carboxylic acid groups (broad SMARTS) is 1. The first-order chi connectivity index (χ1) is 8.89. The number of amides is 2. The molecular weight excluding hydrogens is 246 g/mol.